The first-order chi connectivity index (χ1) is 12.3. The summed E-state index contributed by atoms with van der Waals surface area (Å²) in [7, 11) is 0. The van der Waals surface area contributed by atoms with Gasteiger partial charge in [-0.15, -0.1) is 11.3 Å². The lowest BCUT2D eigenvalue weighted by atomic mass is 10.2. The van der Waals surface area contributed by atoms with Crippen LogP contribution in [-0.2, 0) is 6.42 Å². The Labute approximate surface area is 153 Å². The van der Waals surface area contributed by atoms with Gasteiger partial charge in [0.2, 0.25) is 0 Å². The molecule has 1 fully saturated rings. The van der Waals surface area contributed by atoms with Gasteiger partial charge in [-0.1, -0.05) is 12.1 Å². The number of rotatable bonds is 5. The fourth-order valence-corrected chi connectivity index (χ4v) is 4.49. The van der Waals surface area contributed by atoms with E-state index < -0.39 is 0 Å². The Kier molecular flexibility index (Phi) is 4.95. The summed E-state index contributed by atoms with van der Waals surface area (Å²) in [5.41, 5.74) is 2.46. The maximum Gasteiger partial charge on any atom is 0.128 e. The van der Waals surface area contributed by atoms with Crippen LogP contribution in [0, 0.1) is 6.92 Å². The number of piperazine rings is 1. The Hall–Kier alpha value is -1.98. The van der Waals surface area contributed by atoms with Gasteiger partial charge in [-0.05, 0) is 49.7 Å². The second kappa shape index (κ2) is 7.50. The van der Waals surface area contributed by atoms with Crippen molar-refractivity contribution in [3.05, 3.63) is 53.2 Å². The normalized spacial score (nSPS) is 15.8. The lowest BCUT2D eigenvalue weighted by molar-refractivity contribution is 0.254. The summed E-state index contributed by atoms with van der Waals surface area (Å²) in [6.07, 6.45) is 4.14. The minimum atomic E-state index is 1.07. The number of pyridine rings is 1. The van der Waals surface area contributed by atoms with Crippen LogP contribution >= 0.6 is 11.3 Å². The van der Waals surface area contributed by atoms with Crippen molar-refractivity contribution in [1.82, 2.24) is 14.9 Å². The zero-order valence-corrected chi connectivity index (χ0v) is 15.5. The molecule has 0 unspecified atom stereocenters. The molecular weight excluding hydrogens is 328 g/mol. The highest BCUT2D eigenvalue weighted by Crippen LogP contribution is 2.24. The molecule has 130 valence electrons. The molecule has 3 heterocycles. The average Bonchev–Trinajstić information content (AvgIpc) is 3.05. The number of aromatic nitrogens is 2. The highest BCUT2D eigenvalue weighted by Gasteiger charge is 2.17. The standard InChI is InChI=1S/C20H24N4S/c1-16-7-8-17-18(15-16)25-20(22-17)6-4-10-23-11-13-24(14-12-23)19-5-2-3-9-21-19/h2-3,5,7-9,15H,4,6,10-14H2,1H3. The molecule has 1 aliphatic rings. The summed E-state index contributed by atoms with van der Waals surface area (Å²) < 4.78 is 1.32. The van der Waals surface area contributed by atoms with E-state index in [1.807, 2.05) is 23.6 Å². The first-order valence-corrected chi connectivity index (χ1v) is 9.84. The van der Waals surface area contributed by atoms with Crippen LogP contribution in [0.1, 0.15) is 17.0 Å². The summed E-state index contributed by atoms with van der Waals surface area (Å²) in [4.78, 5) is 14.2. The van der Waals surface area contributed by atoms with E-state index in [1.165, 1.54) is 21.7 Å². The highest BCUT2D eigenvalue weighted by molar-refractivity contribution is 7.18. The maximum atomic E-state index is 4.77. The van der Waals surface area contributed by atoms with Gasteiger partial charge in [-0.2, -0.15) is 0 Å². The van der Waals surface area contributed by atoms with Crippen molar-refractivity contribution in [3.63, 3.8) is 0 Å². The van der Waals surface area contributed by atoms with Crippen LogP contribution in [0.5, 0.6) is 0 Å². The van der Waals surface area contributed by atoms with Crippen molar-refractivity contribution in [3.8, 4) is 0 Å². The van der Waals surface area contributed by atoms with Crippen LogP contribution in [0.15, 0.2) is 42.6 Å². The summed E-state index contributed by atoms with van der Waals surface area (Å²) in [6, 6.07) is 12.7. The molecule has 0 radical (unpaired) electrons. The van der Waals surface area contributed by atoms with Crippen LogP contribution in [0.25, 0.3) is 10.2 Å². The molecule has 0 atom stereocenters. The zero-order valence-electron chi connectivity index (χ0n) is 14.7. The molecule has 1 saturated heterocycles. The van der Waals surface area contributed by atoms with Gasteiger partial charge in [0, 0.05) is 38.8 Å². The third-order valence-corrected chi connectivity index (χ3v) is 5.88. The topological polar surface area (TPSA) is 32.3 Å². The molecule has 4 nitrogen and oxygen atoms in total. The monoisotopic (exact) mass is 352 g/mol. The molecule has 0 spiro atoms. The average molecular weight is 353 g/mol. The van der Waals surface area contributed by atoms with Crippen molar-refractivity contribution in [1.29, 1.82) is 0 Å². The summed E-state index contributed by atoms with van der Waals surface area (Å²) in [6.45, 7) is 7.68. The third-order valence-electron chi connectivity index (χ3n) is 4.80. The third kappa shape index (κ3) is 3.99. The minimum absolute atomic E-state index is 1.07. The van der Waals surface area contributed by atoms with Gasteiger partial charge >= 0.3 is 0 Å². The Balaban J connectivity index is 1.25. The maximum absolute atomic E-state index is 4.77. The molecule has 0 N–H and O–H groups in total. The number of benzene rings is 1. The lowest BCUT2D eigenvalue weighted by Gasteiger charge is -2.35. The number of fused-ring (bicyclic) bond motifs is 1. The van der Waals surface area contributed by atoms with E-state index in [-0.39, 0.29) is 0 Å². The number of anilines is 1. The van der Waals surface area contributed by atoms with Gasteiger partial charge in [0.15, 0.2) is 0 Å². The van der Waals surface area contributed by atoms with Crippen molar-refractivity contribution >= 4 is 27.4 Å². The Morgan fingerprint density at radius 2 is 1.96 bits per heavy atom. The highest BCUT2D eigenvalue weighted by atomic mass is 32.1. The second-order valence-corrected chi connectivity index (χ2v) is 7.81. The number of aryl methyl sites for hydroxylation is 2. The number of hydrogen-bond donors (Lipinski definition) is 0. The van der Waals surface area contributed by atoms with Crippen molar-refractivity contribution in [2.45, 2.75) is 19.8 Å². The van der Waals surface area contributed by atoms with Crippen molar-refractivity contribution in [2.75, 3.05) is 37.6 Å². The van der Waals surface area contributed by atoms with E-state index in [1.54, 1.807) is 0 Å². The van der Waals surface area contributed by atoms with Gasteiger partial charge in [0.05, 0.1) is 15.2 Å². The molecule has 25 heavy (non-hydrogen) atoms. The number of nitrogens with zero attached hydrogens (tertiary/aromatic N) is 4. The molecule has 5 heteroatoms. The second-order valence-electron chi connectivity index (χ2n) is 6.70. The van der Waals surface area contributed by atoms with Crippen molar-refractivity contribution < 1.29 is 0 Å². The lowest BCUT2D eigenvalue weighted by Crippen LogP contribution is -2.46. The molecule has 0 aliphatic carbocycles. The largest absolute Gasteiger partial charge is 0.354 e. The molecule has 2 aromatic heterocycles. The molecule has 0 bridgehead atoms. The minimum Gasteiger partial charge on any atom is -0.354 e. The molecule has 1 aliphatic heterocycles. The predicted octanol–water partition coefficient (Wildman–Crippen LogP) is 3.75. The Bertz CT molecular complexity index is 822. The van der Waals surface area contributed by atoms with E-state index in [4.69, 9.17) is 4.98 Å². The van der Waals surface area contributed by atoms with Crippen LogP contribution in [0.4, 0.5) is 5.82 Å². The van der Waals surface area contributed by atoms with Gasteiger partial charge in [-0.25, -0.2) is 9.97 Å². The SMILES string of the molecule is Cc1ccc2nc(CCCN3CCN(c4ccccn4)CC3)sc2c1. The quantitative estimate of drug-likeness (QED) is 0.700. The molecule has 0 saturated carbocycles. The van der Waals surface area contributed by atoms with E-state index in [0.29, 0.717) is 0 Å². The molecule has 3 aromatic rings. The zero-order chi connectivity index (χ0) is 17.1. The van der Waals surface area contributed by atoms with Gasteiger partial charge < -0.3 is 4.90 Å². The van der Waals surface area contributed by atoms with Gasteiger partial charge in [0.1, 0.15) is 5.82 Å². The Morgan fingerprint density at radius 3 is 2.76 bits per heavy atom. The van der Waals surface area contributed by atoms with E-state index >= 15 is 0 Å². The molecule has 4 rings (SSSR count). The molecule has 1 aromatic carbocycles. The van der Waals surface area contributed by atoms with E-state index in [9.17, 15) is 0 Å². The molecule has 0 amide bonds. The van der Waals surface area contributed by atoms with Crippen LogP contribution < -0.4 is 4.90 Å². The summed E-state index contributed by atoms with van der Waals surface area (Å²) >= 11 is 1.85. The van der Waals surface area contributed by atoms with E-state index in [2.05, 4.69) is 52.0 Å². The summed E-state index contributed by atoms with van der Waals surface area (Å²) in [5.74, 6) is 1.10. The smallest absolute Gasteiger partial charge is 0.128 e. The number of hydrogen-bond acceptors (Lipinski definition) is 5. The van der Waals surface area contributed by atoms with Gasteiger partial charge in [0.25, 0.3) is 0 Å². The van der Waals surface area contributed by atoms with Crippen LogP contribution in [-0.4, -0.2) is 47.6 Å². The van der Waals surface area contributed by atoms with E-state index in [0.717, 1.165) is 50.5 Å². The van der Waals surface area contributed by atoms with Crippen molar-refractivity contribution in [2.24, 2.45) is 0 Å². The fourth-order valence-electron chi connectivity index (χ4n) is 3.38. The predicted molar refractivity (Wildman–Crippen MR) is 106 cm³/mol. The van der Waals surface area contributed by atoms with Crippen LogP contribution in [0.3, 0.4) is 0 Å². The molecular formula is C20H24N4S. The first-order valence-electron chi connectivity index (χ1n) is 9.02. The van der Waals surface area contributed by atoms with Gasteiger partial charge in [-0.3, -0.25) is 4.90 Å². The first kappa shape index (κ1) is 16.5. The Morgan fingerprint density at radius 1 is 1.08 bits per heavy atom. The van der Waals surface area contributed by atoms with Crippen LogP contribution in [0.2, 0.25) is 0 Å². The fraction of sp³-hybridized carbons (Fsp3) is 0.400. The summed E-state index contributed by atoms with van der Waals surface area (Å²) in [5, 5.41) is 1.27. The number of thiazole rings is 1.